The minimum Gasteiger partial charge on any atom is -0.355 e. The molecule has 3 N–H and O–H groups in total. The van der Waals surface area contributed by atoms with E-state index in [2.05, 4.69) is 16.0 Å². The number of nitrogens with one attached hydrogen (secondary N) is 3. The van der Waals surface area contributed by atoms with E-state index in [0.29, 0.717) is 6.54 Å². The quantitative estimate of drug-likeness (QED) is 0.390. The Kier molecular flexibility index (Phi) is 6.28. The number of carbonyl (C=O) groups excluding carboxylic acids is 3. The number of hydrogen-bond acceptors (Lipinski definition) is 4. The van der Waals surface area contributed by atoms with Crippen LogP contribution in [0.5, 0.6) is 0 Å². The second-order valence-electron chi connectivity index (χ2n) is 2.93. The Hall–Kier alpha value is -2.10. The van der Waals surface area contributed by atoms with Gasteiger partial charge in [-0.15, -0.1) is 0 Å². The summed E-state index contributed by atoms with van der Waals surface area (Å²) in [6, 6.07) is 0.867. The van der Waals surface area contributed by atoms with Crippen LogP contribution in [0.25, 0.3) is 0 Å². The van der Waals surface area contributed by atoms with E-state index in [0.717, 1.165) is 0 Å². The molecule has 0 aliphatic rings. The maximum atomic E-state index is 11.2. The van der Waals surface area contributed by atoms with Crippen molar-refractivity contribution in [2.45, 2.75) is 19.9 Å². The molecule has 0 saturated heterocycles. The molecule has 0 aromatic carbocycles. The highest BCUT2D eigenvalue weighted by Crippen LogP contribution is 1.82. The van der Waals surface area contributed by atoms with Crippen molar-refractivity contribution >= 4 is 17.7 Å². The molecule has 16 heavy (non-hydrogen) atoms. The third-order valence-electron chi connectivity index (χ3n) is 1.63. The average molecular weight is 226 g/mol. The minimum atomic E-state index is -0.936. The SMILES string of the molecule is CCNC(=O)C(C)NC(=O)C(=O)NCC#N. The van der Waals surface area contributed by atoms with Gasteiger partial charge in [0.2, 0.25) is 5.91 Å². The Morgan fingerprint density at radius 2 is 1.88 bits per heavy atom. The highest BCUT2D eigenvalue weighted by Gasteiger charge is 2.19. The Morgan fingerprint density at radius 1 is 1.25 bits per heavy atom. The molecule has 7 heteroatoms. The van der Waals surface area contributed by atoms with Crippen molar-refractivity contribution in [2.24, 2.45) is 0 Å². The number of nitriles is 1. The fourth-order valence-electron chi connectivity index (χ4n) is 0.855. The van der Waals surface area contributed by atoms with E-state index in [4.69, 9.17) is 5.26 Å². The van der Waals surface area contributed by atoms with Crippen molar-refractivity contribution in [3.8, 4) is 6.07 Å². The van der Waals surface area contributed by atoms with Gasteiger partial charge in [-0.25, -0.2) is 0 Å². The van der Waals surface area contributed by atoms with Crippen LogP contribution in [0.2, 0.25) is 0 Å². The first-order chi connectivity index (χ1) is 7.52. The predicted octanol–water partition coefficient (Wildman–Crippen LogP) is -1.73. The van der Waals surface area contributed by atoms with Crippen LogP contribution in [-0.2, 0) is 14.4 Å². The van der Waals surface area contributed by atoms with Crippen LogP contribution in [0.3, 0.4) is 0 Å². The molecule has 0 rings (SSSR count). The lowest BCUT2D eigenvalue weighted by Crippen LogP contribution is -2.49. The Morgan fingerprint density at radius 3 is 2.38 bits per heavy atom. The van der Waals surface area contributed by atoms with Crippen molar-refractivity contribution in [2.75, 3.05) is 13.1 Å². The maximum Gasteiger partial charge on any atom is 0.310 e. The minimum absolute atomic E-state index is 0.248. The summed E-state index contributed by atoms with van der Waals surface area (Å²) < 4.78 is 0. The van der Waals surface area contributed by atoms with E-state index < -0.39 is 17.9 Å². The van der Waals surface area contributed by atoms with Crippen molar-refractivity contribution in [3.05, 3.63) is 0 Å². The molecular weight excluding hydrogens is 212 g/mol. The monoisotopic (exact) mass is 226 g/mol. The van der Waals surface area contributed by atoms with Gasteiger partial charge in [0.25, 0.3) is 0 Å². The van der Waals surface area contributed by atoms with E-state index in [1.807, 2.05) is 0 Å². The van der Waals surface area contributed by atoms with Gasteiger partial charge < -0.3 is 16.0 Å². The highest BCUT2D eigenvalue weighted by atomic mass is 16.2. The first-order valence-corrected chi connectivity index (χ1v) is 4.76. The van der Waals surface area contributed by atoms with Gasteiger partial charge in [0.05, 0.1) is 6.07 Å². The molecule has 0 radical (unpaired) electrons. The smallest absolute Gasteiger partial charge is 0.310 e. The zero-order valence-corrected chi connectivity index (χ0v) is 9.16. The summed E-state index contributed by atoms with van der Waals surface area (Å²) in [7, 11) is 0. The molecule has 0 fully saturated rings. The van der Waals surface area contributed by atoms with Crippen molar-refractivity contribution in [3.63, 3.8) is 0 Å². The van der Waals surface area contributed by atoms with E-state index in [9.17, 15) is 14.4 Å². The summed E-state index contributed by atoms with van der Waals surface area (Å²) in [6.45, 7) is 3.40. The average Bonchev–Trinajstić information content (AvgIpc) is 2.25. The van der Waals surface area contributed by atoms with Crippen LogP contribution >= 0.6 is 0 Å². The second-order valence-corrected chi connectivity index (χ2v) is 2.93. The largest absolute Gasteiger partial charge is 0.355 e. The fourth-order valence-corrected chi connectivity index (χ4v) is 0.855. The third kappa shape index (κ3) is 4.95. The number of carbonyl (C=O) groups is 3. The van der Waals surface area contributed by atoms with Gasteiger partial charge in [-0.3, -0.25) is 14.4 Å². The van der Waals surface area contributed by atoms with Crippen molar-refractivity contribution in [1.29, 1.82) is 5.26 Å². The molecule has 0 bridgehead atoms. The van der Waals surface area contributed by atoms with Gasteiger partial charge >= 0.3 is 11.8 Å². The molecule has 0 aromatic heterocycles. The van der Waals surface area contributed by atoms with E-state index in [-0.39, 0.29) is 12.5 Å². The maximum absolute atomic E-state index is 11.2. The molecule has 0 spiro atoms. The lowest BCUT2D eigenvalue weighted by Gasteiger charge is -2.12. The first kappa shape index (κ1) is 13.9. The van der Waals surface area contributed by atoms with E-state index in [1.54, 1.807) is 13.0 Å². The molecule has 1 atom stereocenters. The first-order valence-electron chi connectivity index (χ1n) is 4.76. The molecule has 1 unspecified atom stereocenters. The summed E-state index contributed by atoms with van der Waals surface area (Å²) in [4.78, 5) is 33.4. The van der Waals surface area contributed by atoms with Crippen LogP contribution in [-0.4, -0.2) is 36.9 Å². The van der Waals surface area contributed by atoms with E-state index in [1.165, 1.54) is 6.92 Å². The summed E-state index contributed by atoms with van der Waals surface area (Å²) in [5, 5.41) is 14.9. The van der Waals surface area contributed by atoms with Crippen LogP contribution in [0.4, 0.5) is 0 Å². The standard InChI is InChI=1S/C9H14N4O3/c1-3-11-7(14)6(2)13-9(16)8(15)12-5-4-10/h6H,3,5H2,1-2H3,(H,11,14)(H,12,15)(H,13,16). The molecule has 0 saturated carbocycles. The fraction of sp³-hybridized carbons (Fsp3) is 0.556. The van der Waals surface area contributed by atoms with E-state index >= 15 is 0 Å². The summed E-state index contributed by atoms with van der Waals surface area (Å²) in [5.74, 6) is -2.24. The van der Waals surface area contributed by atoms with Crippen LogP contribution in [0.1, 0.15) is 13.8 Å². The zero-order chi connectivity index (χ0) is 12.6. The molecule has 7 nitrogen and oxygen atoms in total. The molecular formula is C9H14N4O3. The normalized spacial score (nSPS) is 10.8. The lowest BCUT2D eigenvalue weighted by molar-refractivity contribution is -0.140. The Bertz CT molecular complexity index is 321. The Balaban J connectivity index is 4.09. The molecule has 0 aliphatic heterocycles. The van der Waals surface area contributed by atoms with Gasteiger partial charge in [0.1, 0.15) is 12.6 Å². The number of nitrogens with zero attached hydrogens (tertiary/aromatic N) is 1. The summed E-state index contributed by atoms with van der Waals surface area (Å²) in [5.41, 5.74) is 0. The lowest BCUT2D eigenvalue weighted by atomic mass is 10.3. The van der Waals surface area contributed by atoms with Gasteiger partial charge in [-0.1, -0.05) is 0 Å². The number of amides is 3. The second kappa shape index (κ2) is 7.23. The molecule has 88 valence electrons. The summed E-state index contributed by atoms with van der Waals surface area (Å²) in [6.07, 6.45) is 0. The van der Waals surface area contributed by atoms with Crippen molar-refractivity contribution in [1.82, 2.24) is 16.0 Å². The topological polar surface area (TPSA) is 111 Å². The predicted molar refractivity (Wildman–Crippen MR) is 54.9 cm³/mol. The van der Waals surface area contributed by atoms with Crippen LogP contribution in [0.15, 0.2) is 0 Å². The van der Waals surface area contributed by atoms with Gasteiger partial charge in [-0.2, -0.15) is 5.26 Å². The number of rotatable bonds is 4. The van der Waals surface area contributed by atoms with Gasteiger partial charge in [0, 0.05) is 6.54 Å². The molecule has 0 aromatic rings. The number of hydrogen-bond donors (Lipinski definition) is 3. The molecule has 0 aliphatic carbocycles. The number of likely N-dealkylation sites (N-methyl/N-ethyl adjacent to an activating group) is 1. The van der Waals surface area contributed by atoms with Crippen LogP contribution < -0.4 is 16.0 Å². The molecule has 3 amide bonds. The molecule has 0 heterocycles. The van der Waals surface area contributed by atoms with Crippen molar-refractivity contribution < 1.29 is 14.4 Å². The van der Waals surface area contributed by atoms with Gasteiger partial charge in [-0.05, 0) is 13.8 Å². The Labute approximate surface area is 93.2 Å². The third-order valence-corrected chi connectivity index (χ3v) is 1.63. The highest BCUT2D eigenvalue weighted by molar-refractivity contribution is 6.35. The van der Waals surface area contributed by atoms with Crippen LogP contribution in [0, 0.1) is 11.3 Å². The summed E-state index contributed by atoms with van der Waals surface area (Å²) >= 11 is 0. The van der Waals surface area contributed by atoms with Gasteiger partial charge in [0.15, 0.2) is 0 Å². The zero-order valence-electron chi connectivity index (χ0n) is 9.16.